The minimum absolute atomic E-state index is 0.336. The van der Waals surface area contributed by atoms with Crippen molar-refractivity contribution in [3.63, 3.8) is 0 Å². The molecule has 0 bridgehead atoms. The van der Waals surface area contributed by atoms with E-state index in [9.17, 15) is 0 Å². The highest BCUT2D eigenvalue weighted by Crippen LogP contribution is 2.48. The fourth-order valence-corrected chi connectivity index (χ4v) is 2.00. The van der Waals surface area contributed by atoms with Crippen LogP contribution in [0.4, 0.5) is 0 Å². The summed E-state index contributed by atoms with van der Waals surface area (Å²) < 4.78 is 0. The lowest BCUT2D eigenvalue weighted by atomic mass is 10.0. The van der Waals surface area contributed by atoms with Crippen LogP contribution in [0.15, 0.2) is 0 Å². The van der Waals surface area contributed by atoms with E-state index in [2.05, 4.69) is 10.8 Å². The van der Waals surface area contributed by atoms with Gasteiger partial charge in [-0.25, -0.2) is 0 Å². The first-order valence-electron chi connectivity index (χ1n) is 5.05. The summed E-state index contributed by atoms with van der Waals surface area (Å²) in [5, 5.41) is 0. The molecule has 0 aromatic rings. The quantitative estimate of drug-likeness (QED) is 0.574. The third-order valence-electron chi connectivity index (χ3n) is 3.27. The number of terminal acetylenes is 1. The van der Waals surface area contributed by atoms with Gasteiger partial charge in [0.05, 0.1) is 0 Å². The number of rotatable bonds is 3. The van der Waals surface area contributed by atoms with Crippen LogP contribution in [0.5, 0.6) is 0 Å². The lowest BCUT2D eigenvalue weighted by Gasteiger charge is -2.16. The van der Waals surface area contributed by atoms with Crippen LogP contribution in [0.2, 0.25) is 0 Å². The average Bonchev–Trinajstić information content (AvgIpc) is 2.70. The summed E-state index contributed by atoms with van der Waals surface area (Å²) in [5.74, 6) is 2.95. The van der Waals surface area contributed by atoms with Gasteiger partial charge in [-0.1, -0.05) is 5.92 Å². The molecule has 0 radical (unpaired) electrons. The van der Waals surface area contributed by atoms with Gasteiger partial charge < -0.3 is 4.90 Å². The molecule has 0 amide bonds. The Morgan fingerprint density at radius 3 is 2.42 bits per heavy atom. The van der Waals surface area contributed by atoms with Crippen LogP contribution in [-0.4, -0.2) is 24.5 Å². The molecular weight excluding hydrogens is 146 g/mol. The molecule has 1 saturated carbocycles. The summed E-state index contributed by atoms with van der Waals surface area (Å²) in [7, 11) is 0. The van der Waals surface area contributed by atoms with E-state index in [1.54, 1.807) is 0 Å². The van der Waals surface area contributed by atoms with E-state index < -0.39 is 0 Å². The van der Waals surface area contributed by atoms with Crippen LogP contribution in [0.1, 0.15) is 32.1 Å². The monoisotopic (exact) mass is 163 g/mol. The Hall–Kier alpha value is -0.480. The third-order valence-corrected chi connectivity index (χ3v) is 3.27. The first kappa shape index (κ1) is 8.13. The van der Waals surface area contributed by atoms with Gasteiger partial charge in [0.25, 0.3) is 0 Å². The highest BCUT2D eigenvalue weighted by Gasteiger charge is 2.40. The SMILES string of the molecule is C#CC1(CCN2CCCC2)CC1. The van der Waals surface area contributed by atoms with Gasteiger partial charge in [0.15, 0.2) is 0 Å². The molecule has 1 heteroatoms. The summed E-state index contributed by atoms with van der Waals surface area (Å²) in [5.41, 5.74) is 0.336. The summed E-state index contributed by atoms with van der Waals surface area (Å²) in [6, 6.07) is 0. The lowest BCUT2D eigenvalue weighted by Crippen LogP contribution is -2.22. The van der Waals surface area contributed by atoms with Crippen LogP contribution in [0, 0.1) is 17.8 Å². The van der Waals surface area contributed by atoms with Crippen molar-refractivity contribution in [2.45, 2.75) is 32.1 Å². The van der Waals surface area contributed by atoms with Crippen LogP contribution >= 0.6 is 0 Å². The molecule has 1 saturated heterocycles. The molecular formula is C11H17N. The Balaban J connectivity index is 1.71. The van der Waals surface area contributed by atoms with Gasteiger partial charge in [-0.15, -0.1) is 6.42 Å². The first-order valence-corrected chi connectivity index (χ1v) is 5.05. The normalized spacial score (nSPS) is 26.9. The zero-order valence-electron chi connectivity index (χ0n) is 7.68. The maximum absolute atomic E-state index is 5.49. The van der Waals surface area contributed by atoms with Crippen molar-refractivity contribution in [2.75, 3.05) is 19.6 Å². The fourth-order valence-electron chi connectivity index (χ4n) is 2.00. The Morgan fingerprint density at radius 1 is 1.25 bits per heavy atom. The van der Waals surface area contributed by atoms with Crippen molar-refractivity contribution in [2.24, 2.45) is 5.41 Å². The molecule has 12 heavy (non-hydrogen) atoms. The molecule has 2 rings (SSSR count). The van der Waals surface area contributed by atoms with Gasteiger partial charge in [0.1, 0.15) is 0 Å². The largest absolute Gasteiger partial charge is 0.303 e. The van der Waals surface area contributed by atoms with E-state index in [-0.39, 0.29) is 0 Å². The maximum atomic E-state index is 5.49. The second-order valence-electron chi connectivity index (χ2n) is 4.22. The molecule has 66 valence electrons. The molecule has 0 spiro atoms. The van der Waals surface area contributed by atoms with Gasteiger partial charge in [-0.3, -0.25) is 0 Å². The van der Waals surface area contributed by atoms with Gasteiger partial charge >= 0.3 is 0 Å². The van der Waals surface area contributed by atoms with E-state index in [0.29, 0.717) is 5.41 Å². The Bertz CT molecular complexity index is 192. The number of hydrogen-bond donors (Lipinski definition) is 0. The molecule has 1 heterocycles. The zero-order chi connectivity index (χ0) is 8.44. The second kappa shape index (κ2) is 3.11. The summed E-state index contributed by atoms with van der Waals surface area (Å²) in [6.45, 7) is 3.85. The Labute approximate surface area is 75.1 Å². The number of nitrogens with zero attached hydrogens (tertiary/aromatic N) is 1. The van der Waals surface area contributed by atoms with Crippen LogP contribution in [0.3, 0.4) is 0 Å². The van der Waals surface area contributed by atoms with Crippen molar-refractivity contribution >= 4 is 0 Å². The molecule has 1 aliphatic carbocycles. The van der Waals surface area contributed by atoms with E-state index in [4.69, 9.17) is 6.42 Å². The first-order chi connectivity index (χ1) is 5.85. The van der Waals surface area contributed by atoms with Gasteiger partial charge in [-0.05, 0) is 51.7 Å². The molecule has 0 N–H and O–H groups in total. The molecule has 1 nitrogen and oxygen atoms in total. The van der Waals surface area contributed by atoms with Crippen molar-refractivity contribution in [1.29, 1.82) is 0 Å². The van der Waals surface area contributed by atoms with Gasteiger partial charge in [-0.2, -0.15) is 0 Å². The zero-order valence-corrected chi connectivity index (χ0v) is 7.68. The topological polar surface area (TPSA) is 3.24 Å². The van der Waals surface area contributed by atoms with E-state index >= 15 is 0 Å². The highest BCUT2D eigenvalue weighted by atomic mass is 15.1. The highest BCUT2D eigenvalue weighted by molar-refractivity contribution is 5.14. The van der Waals surface area contributed by atoms with Gasteiger partial charge in [0.2, 0.25) is 0 Å². The molecule has 1 aliphatic heterocycles. The molecule has 2 fully saturated rings. The fraction of sp³-hybridized carbons (Fsp3) is 0.818. The standard InChI is InChI=1S/C11H17N/c1-2-11(5-6-11)7-10-12-8-3-4-9-12/h1H,3-10H2. The van der Waals surface area contributed by atoms with E-state index in [1.807, 2.05) is 0 Å². The molecule has 0 unspecified atom stereocenters. The predicted octanol–water partition coefficient (Wildman–Crippen LogP) is 1.89. The van der Waals surface area contributed by atoms with Crippen molar-refractivity contribution in [3.05, 3.63) is 0 Å². The van der Waals surface area contributed by atoms with E-state index in [0.717, 1.165) is 0 Å². The van der Waals surface area contributed by atoms with Crippen LogP contribution in [0.25, 0.3) is 0 Å². The van der Waals surface area contributed by atoms with Gasteiger partial charge in [0, 0.05) is 5.41 Å². The van der Waals surface area contributed by atoms with Crippen LogP contribution < -0.4 is 0 Å². The van der Waals surface area contributed by atoms with Crippen molar-refractivity contribution in [1.82, 2.24) is 4.90 Å². The molecule has 2 aliphatic rings. The predicted molar refractivity (Wildman–Crippen MR) is 50.8 cm³/mol. The van der Waals surface area contributed by atoms with Crippen LogP contribution in [-0.2, 0) is 0 Å². The summed E-state index contributed by atoms with van der Waals surface area (Å²) in [6.07, 6.45) is 12.1. The van der Waals surface area contributed by atoms with Crippen molar-refractivity contribution < 1.29 is 0 Å². The Morgan fingerprint density at radius 2 is 1.92 bits per heavy atom. The average molecular weight is 163 g/mol. The summed E-state index contributed by atoms with van der Waals surface area (Å²) >= 11 is 0. The Kier molecular flexibility index (Phi) is 2.11. The van der Waals surface area contributed by atoms with Crippen molar-refractivity contribution in [3.8, 4) is 12.3 Å². The lowest BCUT2D eigenvalue weighted by molar-refractivity contribution is 0.314. The minimum Gasteiger partial charge on any atom is -0.303 e. The smallest absolute Gasteiger partial charge is 0.0325 e. The van der Waals surface area contributed by atoms with E-state index in [1.165, 1.54) is 51.7 Å². The minimum atomic E-state index is 0.336. The number of hydrogen-bond acceptors (Lipinski definition) is 1. The maximum Gasteiger partial charge on any atom is 0.0325 e. The summed E-state index contributed by atoms with van der Waals surface area (Å²) in [4.78, 5) is 2.55. The molecule has 0 atom stereocenters. The second-order valence-corrected chi connectivity index (χ2v) is 4.22. The third kappa shape index (κ3) is 1.64. The molecule has 0 aromatic heterocycles. The molecule has 0 aromatic carbocycles. The number of likely N-dealkylation sites (tertiary alicyclic amines) is 1.